The van der Waals surface area contributed by atoms with Crippen molar-refractivity contribution in [3.63, 3.8) is 0 Å². The highest BCUT2D eigenvalue weighted by Crippen LogP contribution is 2.24. The SMILES string of the molecule is Cc1cccc(NC(=O)N(CCc2csc3nc(-c4ccc(F)cc4)cn23)CC2CCCO2)c1. The van der Waals surface area contributed by atoms with Gasteiger partial charge >= 0.3 is 6.03 Å². The molecular formula is C26H27FN4O2S. The molecule has 176 valence electrons. The van der Waals surface area contributed by atoms with Crippen LogP contribution in [0.5, 0.6) is 0 Å². The number of amides is 2. The van der Waals surface area contributed by atoms with Gasteiger partial charge in [0.2, 0.25) is 0 Å². The van der Waals surface area contributed by atoms with Crippen molar-refractivity contribution in [2.75, 3.05) is 25.0 Å². The maximum atomic E-state index is 13.3. The Bertz CT molecular complexity index is 1280. The van der Waals surface area contributed by atoms with Gasteiger partial charge in [-0.25, -0.2) is 14.2 Å². The van der Waals surface area contributed by atoms with Gasteiger partial charge in [-0.3, -0.25) is 4.40 Å². The molecule has 1 fully saturated rings. The fourth-order valence-corrected chi connectivity index (χ4v) is 5.16. The lowest BCUT2D eigenvalue weighted by Crippen LogP contribution is -2.41. The minimum Gasteiger partial charge on any atom is -0.376 e. The van der Waals surface area contributed by atoms with Crippen molar-refractivity contribution in [2.45, 2.75) is 32.3 Å². The summed E-state index contributed by atoms with van der Waals surface area (Å²) in [5.41, 5.74) is 4.66. The summed E-state index contributed by atoms with van der Waals surface area (Å²) in [5, 5.41) is 5.12. The third-order valence-corrected chi connectivity index (χ3v) is 6.95. The molecule has 1 N–H and O–H groups in total. The minimum absolute atomic E-state index is 0.0732. The number of hydrogen-bond acceptors (Lipinski definition) is 4. The molecule has 0 spiro atoms. The predicted octanol–water partition coefficient (Wildman–Crippen LogP) is 5.77. The van der Waals surface area contributed by atoms with Crippen LogP contribution in [-0.4, -0.2) is 46.1 Å². The molecule has 5 rings (SSSR count). The van der Waals surface area contributed by atoms with Crippen molar-refractivity contribution in [3.05, 3.63) is 77.2 Å². The number of ether oxygens (including phenoxy) is 1. The Morgan fingerprint density at radius 2 is 2.15 bits per heavy atom. The van der Waals surface area contributed by atoms with Crippen molar-refractivity contribution < 1.29 is 13.9 Å². The molecule has 1 unspecified atom stereocenters. The summed E-state index contributed by atoms with van der Waals surface area (Å²) in [6.45, 7) is 3.89. The first-order valence-corrected chi connectivity index (χ1v) is 12.4. The van der Waals surface area contributed by atoms with Crippen LogP contribution in [-0.2, 0) is 11.2 Å². The van der Waals surface area contributed by atoms with Crippen molar-refractivity contribution in [1.82, 2.24) is 14.3 Å². The van der Waals surface area contributed by atoms with E-state index in [4.69, 9.17) is 4.74 Å². The van der Waals surface area contributed by atoms with Crippen LogP contribution in [0.1, 0.15) is 24.1 Å². The molecule has 3 heterocycles. The van der Waals surface area contributed by atoms with E-state index in [1.165, 1.54) is 12.1 Å². The van der Waals surface area contributed by atoms with Gasteiger partial charge in [-0.1, -0.05) is 12.1 Å². The second-order valence-corrected chi connectivity index (χ2v) is 9.48. The molecule has 0 aliphatic carbocycles. The largest absolute Gasteiger partial charge is 0.376 e. The fraction of sp³-hybridized carbons (Fsp3) is 0.308. The third kappa shape index (κ3) is 5.13. The highest BCUT2D eigenvalue weighted by Gasteiger charge is 2.23. The van der Waals surface area contributed by atoms with Crippen LogP contribution >= 0.6 is 11.3 Å². The molecule has 2 aromatic carbocycles. The number of aromatic nitrogens is 2. The maximum Gasteiger partial charge on any atom is 0.321 e. The first-order chi connectivity index (χ1) is 16.5. The highest BCUT2D eigenvalue weighted by molar-refractivity contribution is 7.15. The number of nitrogens with one attached hydrogen (secondary N) is 1. The Morgan fingerprint density at radius 3 is 2.91 bits per heavy atom. The zero-order valence-electron chi connectivity index (χ0n) is 19.0. The maximum absolute atomic E-state index is 13.3. The Labute approximate surface area is 202 Å². The summed E-state index contributed by atoms with van der Waals surface area (Å²) < 4.78 is 21.2. The normalized spacial score (nSPS) is 15.6. The van der Waals surface area contributed by atoms with E-state index in [2.05, 4.69) is 20.1 Å². The van der Waals surface area contributed by atoms with Crippen molar-refractivity contribution >= 4 is 28.0 Å². The average Bonchev–Trinajstić information content (AvgIpc) is 3.55. The molecule has 0 saturated carbocycles. The minimum atomic E-state index is -0.263. The van der Waals surface area contributed by atoms with Crippen LogP contribution in [0, 0.1) is 12.7 Å². The lowest BCUT2D eigenvalue weighted by atomic mass is 10.2. The zero-order chi connectivity index (χ0) is 23.5. The number of fused-ring (bicyclic) bond motifs is 1. The van der Waals surface area contributed by atoms with Gasteiger partial charge in [0.05, 0.1) is 11.8 Å². The Kier molecular flexibility index (Phi) is 6.60. The lowest BCUT2D eigenvalue weighted by Gasteiger charge is -2.26. The van der Waals surface area contributed by atoms with Gasteiger partial charge in [0.25, 0.3) is 0 Å². The van der Waals surface area contributed by atoms with Crippen LogP contribution in [0.2, 0.25) is 0 Å². The predicted molar refractivity (Wildman–Crippen MR) is 133 cm³/mol. The fourth-order valence-electron chi connectivity index (χ4n) is 4.25. The lowest BCUT2D eigenvalue weighted by molar-refractivity contribution is 0.0838. The topological polar surface area (TPSA) is 58.9 Å². The molecule has 1 aliphatic rings. The van der Waals surface area contributed by atoms with Crippen LogP contribution in [0.15, 0.2) is 60.1 Å². The van der Waals surface area contributed by atoms with Crippen molar-refractivity contribution in [3.8, 4) is 11.3 Å². The van der Waals surface area contributed by atoms with Gasteiger partial charge < -0.3 is 15.0 Å². The number of urea groups is 1. The van der Waals surface area contributed by atoms with Crippen LogP contribution in [0.4, 0.5) is 14.9 Å². The smallest absolute Gasteiger partial charge is 0.321 e. The number of carbonyl (C=O) groups is 1. The second kappa shape index (κ2) is 9.95. The van der Waals surface area contributed by atoms with Gasteiger partial charge in [-0.15, -0.1) is 11.3 Å². The number of hydrogen-bond donors (Lipinski definition) is 1. The molecule has 1 saturated heterocycles. The molecule has 4 aromatic rings. The van der Waals surface area contributed by atoms with Gasteiger partial charge in [0, 0.05) is 54.6 Å². The van der Waals surface area contributed by atoms with E-state index in [1.54, 1.807) is 23.5 Å². The van der Waals surface area contributed by atoms with E-state index < -0.39 is 0 Å². The zero-order valence-corrected chi connectivity index (χ0v) is 19.9. The number of imidazole rings is 1. The van der Waals surface area contributed by atoms with Gasteiger partial charge in [-0.2, -0.15) is 0 Å². The van der Waals surface area contributed by atoms with Crippen LogP contribution in [0.25, 0.3) is 16.2 Å². The van der Waals surface area contributed by atoms with E-state index in [1.807, 2.05) is 42.3 Å². The molecule has 34 heavy (non-hydrogen) atoms. The standard InChI is InChI=1S/C26H27FN4O2S/c1-18-4-2-5-21(14-18)28-25(32)30(15-23-6-3-13-33-23)12-11-22-17-34-26-29-24(16-31(22)26)19-7-9-20(27)10-8-19/h2,4-5,7-10,14,16-17,23H,3,6,11-13,15H2,1H3,(H,28,32). The van der Waals surface area contributed by atoms with E-state index >= 15 is 0 Å². The van der Waals surface area contributed by atoms with Gasteiger partial charge in [-0.05, 0) is 61.7 Å². The van der Waals surface area contributed by atoms with Crippen molar-refractivity contribution in [2.24, 2.45) is 0 Å². The summed E-state index contributed by atoms with van der Waals surface area (Å²) in [7, 11) is 0. The summed E-state index contributed by atoms with van der Waals surface area (Å²) >= 11 is 1.56. The Balaban J connectivity index is 1.31. The first kappa shape index (κ1) is 22.6. The van der Waals surface area contributed by atoms with E-state index in [-0.39, 0.29) is 18.0 Å². The molecular weight excluding hydrogens is 451 g/mol. The highest BCUT2D eigenvalue weighted by atomic mass is 32.1. The molecule has 0 bridgehead atoms. The van der Waals surface area contributed by atoms with Gasteiger partial charge in [0.15, 0.2) is 4.96 Å². The summed E-state index contributed by atoms with van der Waals surface area (Å²) in [6.07, 6.45) is 4.74. The second-order valence-electron chi connectivity index (χ2n) is 8.64. The summed E-state index contributed by atoms with van der Waals surface area (Å²) in [5.74, 6) is -0.263. The number of nitrogens with zero attached hydrogens (tertiary/aromatic N) is 3. The van der Waals surface area contributed by atoms with Crippen LogP contribution in [0.3, 0.4) is 0 Å². The van der Waals surface area contributed by atoms with E-state index in [9.17, 15) is 9.18 Å². The Morgan fingerprint density at radius 1 is 1.29 bits per heavy atom. The average molecular weight is 479 g/mol. The number of aryl methyl sites for hydroxylation is 1. The number of anilines is 1. The molecule has 1 atom stereocenters. The molecule has 0 radical (unpaired) electrons. The molecule has 2 aromatic heterocycles. The molecule has 1 aliphatic heterocycles. The van der Waals surface area contributed by atoms with Crippen LogP contribution < -0.4 is 5.32 Å². The summed E-state index contributed by atoms with van der Waals surface area (Å²) in [6, 6.07) is 14.1. The van der Waals surface area contributed by atoms with Gasteiger partial charge in [0.1, 0.15) is 5.82 Å². The first-order valence-electron chi connectivity index (χ1n) is 11.5. The molecule has 8 heteroatoms. The van der Waals surface area contributed by atoms with E-state index in [0.29, 0.717) is 19.5 Å². The third-order valence-electron chi connectivity index (χ3n) is 6.07. The summed E-state index contributed by atoms with van der Waals surface area (Å²) in [4.78, 5) is 20.6. The molecule has 6 nitrogen and oxygen atoms in total. The number of halogens is 1. The number of rotatable bonds is 7. The monoisotopic (exact) mass is 478 g/mol. The Hall–Kier alpha value is -3.23. The molecule has 2 amide bonds. The number of benzene rings is 2. The van der Waals surface area contributed by atoms with Crippen molar-refractivity contribution in [1.29, 1.82) is 0 Å². The van der Waals surface area contributed by atoms with E-state index in [0.717, 1.165) is 52.6 Å². The quantitative estimate of drug-likeness (QED) is 0.367. The number of carbonyl (C=O) groups excluding carboxylic acids is 1. The number of thiazole rings is 1.